The van der Waals surface area contributed by atoms with Crippen LogP contribution in [-0.2, 0) is 9.59 Å². The zero-order chi connectivity index (χ0) is 13.1. The summed E-state index contributed by atoms with van der Waals surface area (Å²) in [6, 6.07) is 7.11. The van der Waals surface area contributed by atoms with Gasteiger partial charge in [-0.2, -0.15) is 0 Å². The molecule has 0 unspecified atom stereocenters. The van der Waals surface area contributed by atoms with Crippen LogP contribution >= 0.6 is 11.6 Å². The Kier molecular flexibility index (Phi) is 3.87. The Hall–Kier alpha value is -1.55. The number of halogens is 1. The molecule has 5 heteroatoms. The van der Waals surface area contributed by atoms with Crippen LogP contribution in [0, 0.1) is 5.92 Å². The van der Waals surface area contributed by atoms with E-state index in [1.54, 1.807) is 23.1 Å². The third kappa shape index (κ3) is 2.48. The summed E-state index contributed by atoms with van der Waals surface area (Å²) in [7, 11) is 0. The van der Waals surface area contributed by atoms with Crippen LogP contribution in [0.3, 0.4) is 0 Å². The second kappa shape index (κ2) is 5.40. The van der Waals surface area contributed by atoms with Crippen molar-refractivity contribution in [2.45, 2.75) is 13.3 Å². The predicted octanol–water partition coefficient (Wildman–Crippen LogP) is 1.83. The van der Waals surface area contributed by atoms with E-state index in [9.17, 15) is 9.59 Å². The lowest BCUT2D eigenvalue weighted by atomic mass is 10.1. The fourth-order valence-corrected chi connectivity index (χ4v) is 2.31. The number of hydrogen-bond acceptors (Lipinski definition) is 2. The topological polar surface area (TPSA) is 49.4 Å². The highest BCUT2D eigenvalue weighted by molar-refractivity contribution is 6.31. The zero-order valence-electron chi connectivity index (χ0n) is 10.1. The van der Waals surface area contributed by atoms with Gasteiger partial charge in [-0.15, -0.1) is 0 Å². The van der Waals surface area contributed by atoms with E-state index in [-0.39, 0.29) is 11.8 Å². The largest absolute Gasteiger partial charge is 0.356 e. The van der Waals surface area contributed by atoms with Gasteiger partial charge in [0.2, 0.25) is 11.8 Å². The van der Waals surface area contributed by atoms with Crippen molar-refractivity contribution >= 4 is 29.1 Å². The van der Waals surface area contributed by atoms with Crippen molar-refractivity contribution in [1.82, 2.24) is 5.32 Å². The van der Waals surface area contributed by atoms with Crippen LogP contribution in [0.15, 0.2) is 24.3 Å². The van der Waals surface area contributed by atoms with Crippen LogP contribution in [0.25, 0.3) is 0 Å². The average Bonchev–Trinajstić information content (AvgIpc) is 2.71. The quantitative estimate of drug-likeness (QED) is 0.849. The summed E-state index contributed by atoms with van der Waals surface area (Å²) >= 11 is 5.90. The maximum atomic E-state index is 12.2. The predicted molar refractivity (Wildman–Crippen MR) is 70.6 cm³/mol. The fourth-order valence-electron chi connectivity index (χ4n) is 2.12. The highest BCUT2D eigenvalue weighted by Crippen LogP contribution is 2.27. The Morgan fingerprint density at radius 1 is 1.56 bits per heavy atom. The lowest BCUT2D eigenvalue weighted by molar-refractivity contribution is -0.132. The molecule has 0 saturated carbocycles. The molecule has 1 aliphatic rings. The Morgan fingerprint density at radius 3 is 3.00 bits per heavy atom. The molecule has 96 valence electrons. The van der Waals surface area contributed by atoms with Gasteiger partial charge >= 0.3 is 0 Å². The molecule has 0 spiro atoms. The van der Waals surface area contributed by atoms with Crippen molar-refractivity contribution in [1.29, 1.82) is 0 Å². The van der Waals surface area contributed by atoms with E-state index < -0.39 is 5.92 Å². The van der Waals surface area contributed by atoms with Crippen molar-refractivity contribution in [3.8, 4) is 0 Å². The van der Waals surface area contributed by atoms with E-state index in [4.69, 9.17) is 11.6 Å². The molecule has 0 aliphatic carbocycles. The van der Waals surface area contributed by atoms with Crippen LogP contribution in [0.1, 0.15) is 13.3 Å². The molecule has 1 atom stereocenters. The minimum absolute atomic E-state index is 0.150. The van der Waals surface area contributed by atoms with Gasteiger partial charge in [-0.1, -0.05) is 17.7 Å². The summed E-state index contributed by atoms with van der Waals surface area (Å²) in [4.78, 5) is 25.5. The number of nitrogens with zero attached hydrogens (tertiary/aromatic N) is 1. The molecule has 1 N–H and O–H groups in total. The normalized spacial score (nSPS) is 19.1. The minimum Gasteiger partial charge on any atom is -0.356 e. The maximum Gasteiger partial charge on any atom is 0.239 e. The minimum atomic E-state index is -0.566. The van der Waals surface area contributed by atoms with E-state index in [0.717, 1.165) is 5.69 Å². The highest BCUT2D eigenvalue weighted by atomic mass is 35.5. The van der Waals surface area contributed by atoms with E-state index >= 15 is 0 Å². The first-order valence-corrected chi connectivity index (χ1v) is 6.36. The van der Waals surface area contributed by atoms with Crippen molar-refractivity contribution in [3.63, 3.8) is 0 Å². The molecule has 4 nitrogen and oxygen atoms in total. The number of carbonyl (C=O) groups is 2. The Morgan fingerprint density at radius 2 is 2.33 bits per heavy atom. The number of amides is 2. The molecule has 2 rings (SSSR count). The number of carbonyl (C=O) groups excluding carboxylic acids is 2. The van der Waals surface area contributed by atoms with E-state index in [1.807, 2.05) is 13.0 Å². The average molecular weight is 267 g/mol. The summed E-state index contributed by atoms with van der Waals surface area (Å²) < 4.78 is 0. The third-order valence-corrected chi connectivity index (χ3v) is 3.23. The van der Waals surface area contributed by atoms with Crippen molar-refractivity contribution < 1.29 is 9.59 Å². The Balaban J connectivity index is 2.14. The smallest absolute Gasteiger partial charge is 0.239 e. The second-order valence-corrected chi connectivity index (χ2v) is 4.64. The number of hydrogen-bond donors (Lipinski definition) is 1. The second-order valence-electron chi connectivity index (χ2n) is 4.21. The Bertz CT molecular complexity index is 476. The lowest BCUT2D eigenvalue weighted by Gasteiger charge is -2.16. The van der Waals surface area contributed by atoms with Gasteiger partial charge in [0.05, 0.1) is 0 Å². The van der Waals surface area contributed by atoms with E-state index in [1.165, 1.54) is 0 Å². The molecular weight excluding hydrogens is 252 g/mol. The van der Waals surface area contributed by atoms with Crippen LogP contribution in [0.5, 0.6) is 0 Å². The molecule has 0 radical (unpaired) electrons. The van der Waals surface area contributed by atoms with Gasteiger partial charge in [-0.3, -0.25) is 9.59 Å². The maximum absolute atomic E-state index is 12.2. The van der Waals surface area contributed by atoms with Crippen LogP contribution < -0.4 is 10.2 Å². The van der Waals surface area contributed by atoms with Crippen molar-refractivity contribution in [2.75, 3.05) is 18.0 Å². The highest BCUT2D eigenvalue weighted by Gasteiger charge is 2.37. The molecule has 18 heavy (non-hydrogen) atoms. The van der Waals surface area contributed by atoms with Crippen LogP contribution in [0.4, 0.5) is 5.69 Å². The van der Waals surface area contributed by atoms with Crippen molar-refractivity contribution in [3.05, 3.63) is 29.3 Å². The van der Waals surface area contributed by atoms with Crippen LogP contribution in [-0.4, -0.2) is 24.9 Å². The number of rotatable bonds is 3. The standard InChI is InChI=1S/C13H15ClN2O2/c1-2-15-12(17)11-6-7-16(13(11)18)10-5-3-4-9(14)8-10/h3-5,8,11H,2,6-7H2,1H3,(H,15,17)/t11-/m0/s1. The molecule has 1 aromatic rings. The molecule has 1 aromatic carbocycles. The zero-order valence-corrected chi connectivity index (χ0v) is 10.9. The number of anilines is 1. The van der Waals surface area contributed by atoms with Crippen molar-refractivity contribution in [2.24, 2.45) is 5.92 Å². The van der Waals surface area contributed by atoms with E-state index in [0.29, 0.717) is 24.5 Å². The number of benzene rings is 1. The van der Waals surface area contributed by atoms with Gasteiger partial charge in [0, 0.05) is 23.8 Å². The van der Waals surface area contributed by atoms with E-state index in [2.05, 4.69) is 5.32 Å². The van der Waals surface area contributed by atoms with Gasteiger partial charge in [0.25, 0.3) is 0 Å². The monoisotopic (exact) mass is 266 g/mol. The summed E-state index contributed by atoms with van der Waals surface area (Å²) in [6.07, 6.45) is 0.553. The summed E-state index contributed by atoms with van der Waals surface area (Å²) in [5, 5.41) is 3.27. The third-order valence-electron chi connectivity index (χ3n) is 2.99. The first-order chi connectivity index (χ1) is 8.63. The SMILES string of the molecule is CCNC(=O)[C@@H]1CCN(c2cccc(Cl)c2)C1=O. The Labute approximate surface area is 111 Å². The molecular formula is C13H15ClN2O2. The van der Waals surface area contributed by atoms with Gasteiger partial charge in [-0.05, 0) is 31.5 Å². The summed E-state index contributed by atoms with van der Waals surface area (Å²) in [5.41, 5.74) is 0.749. The molecule has 1 fully saturated rings. The number of nitrogens with one attached hydrogen (secondary N) is 1. The molecule has 0 aromatic heterocycles. The lowest BCUT2D eigenvalue weighted by Crippen LogP contribution is -2.36. The van der Waals surface area contributed by atoms with Crippen LogP contribution in [0.2, 0.25) is 5.02 Å². The van der Waals surface area contributed by atoms with Gasteiger partial charge in [-0.25, -0.2) is 0 Å². The molecule has 0 bridgehead atoms. The summed E-state index contributed by atoms with van der Waals surface area (Å²) in [6.45, 7) is 2.94. The first-order valence-electron chi connectivity index (χ1n) is 5.98. The summed E-state index contributed by atoms with van der Waals surface area (Å²) in [5.74, 6) is -0.904. The molecule has 2 amide bonds. The van der Waals surface area contributed by atoms with Gasteiger partial charge in [0.1, 0.15) is 5.92 Å². The molecule has 1 saturated heterocycles. The molecule has 1 heterocycles. The molecule has 1 aliphatic heterocycles. The van der Waals surface area contributed by atoms with Gasteiger partial charge in [0.15, 0.2) is 0 Å². The van der Waals surface area contributed by atoms with Gasteiger partial charge < -0.3 is 10.2 Å². The fraction of sp³-hybridized carbons (Fsp3) is 0.385. The first kappa shape index (κ1) is 12.9.